The number of carbonyl (C=O) groups excluding carboxylic acids is 1. The molecule has 3 rings (SSSR count). The van der Waals surface area contributed by atoms with Crippen LogP contribution >= 0.6 is 0 Å². The fraction of sp³-hybridized carbons (Fsp3) is 0.136. The number of benzene rings is 3. The van der Waals surface area contributed by atoms with Crippen molar-refractivity contribution in [1.29, 1.82) is 0 Å². The van der Waals surface area contributed by atoms with Gasteiger partial charge in [0.05, 0.1) is 19.1 Å². The van der Waals surface area contributed by atoms with Gasteiger partial charge in [0, 0.05) is 30.1 Å². The first-order chi connectivity index (χ1) is 14.4. The van der Waals surface area contributed by atoms with E-state index in [4.69, 9.17) is 9.47 Å². The van der Waals surface area contributed by atoms with Crippen LogP contribution in [-0.2, 0) is 10.0 Å². The molecule has 0 saturated carbocycles. The van der Waals surface area contributed by atoms with E-state index < -0.39 is 10.0 Å². The number of carbonyl (C=O) groups is 1. The number of nitrogens with zero attached hydrogens (tertiary/aromatic N) is 1. The monoisotopic (exact) mass is 426 g/mol. The summed E-state index contributed by atoms with van der Waals surface area (Å²) in [5.74, 6) is 0.544. The molecule has 0 unspecified atom stereocenters. The van der Waals surface area contributed by atoms with E-state index in [9.17, 15) is 13.2 Å². The largest absolute Gasteiger partial charge is 0.493 e. The Labute approximate surface area is 175 Å². The van der Waals surface area contributed by atoms with E-state index in [2.05, 4.69) is 4.72 Å². The van der Waals surface area contributed by atoms with E-state index in [0.29, 0.717) is 22.7 Å². The number of methoxy groups -OCH3 is 2. The molecule has 156 valence electrons. The third kappa shape index (κ3) is 4.55. The number of nitrogens with one attached hydrogen (secondary N) is 1. The maximum atomic E-state index is 12.7. The first-order valence-corrected chi connectivity index (χ1v) is 10.5. The van der Waals surface area contributed by atoms with E-state index in [-0.39, 0.29) is 10.8 Å². The Kier molecular flexibility index (Phi) is 6.27. The molecule has 1 N–H and O–H groups in total. The molecule has 3 aromatic rings. The van der Waals surface area contributed by atoms with Gasteiger partial charge in [0.2, 0.25) is 0 Å². The summed E-state index contributed by atoms with van der Waals surface area (Å²) in [5, 5.41) is 0. The molecular weight excluding hydrogens is 404 g/mol. The smallest absolute Gasteiger partial charge is 0.262 e. The highest BCUT2D eigenvalue weighted by Crippen LogP contribution is 2.30. The highest BCUT2D eigenvalue weighted by molar-refractivity contribution is 7.92. The van der Waals surface area contributed by atoms with Crippen molar-refractivity contribution in [3.8, 4) is 11.5 Å². The molecule has 0 saturated heterocycles. The van der Waals surface area contributed by atoms with Gasteiger partial charge in [-0.1, -0.05) is 18.2 Å². The van der Waals surface area contributed by atoms with Gasteiger partial charge in [0.15, 0.2) is 11.5 Å². The summed E-state index contributed by atoms with van der Waals surface area (Å²) < 4.78 is 38.2. The minimum atomic E-state index is -3.84. The molecule has 0 fully saturated rings. The summed E-state index contributed by atoms with van der Waals surface area (Å²) in [5.41, 5.74) is 1.54. The van der Waals surface area contributed by atoms with Crippen molar-refractivity contribution in [3.63, 3.8) is 0 Å². The number of sulfonamides is 1. The maximum Gasteiger partial charge on any atom is 0.262 e. The fourth-order valence-corrected chi connectivity index (χ4v) is 3.91. The highest BCUT2D eigenvalue weighted by atomic mass is 32.2. The Balaban J connectivity index is 1.77. The maximum absolute atomic E-state index is 12.7. The van der Waals surface area contributed by atoms with E-state index in [1.807, 2.05) is 30.3 Å². The lowest BCUT2D eigenvalue weighted by molar-refractivity contribution is 0.0993. The fourth-order valence-electron chi connectivity index (χ4n) is 2.84. The first-order valence-electron chi connectivity index (χ1n) is 9.03. The predicted octanol–water partition coefficient (Wildman–Crippen LogP) is 3.78. The topological polar surface area (TPSA) is 84.9 Å². The van der Waals surface area contributed by atoms with Crippen LogP contribution in [0, 0.1) is 0 Å². The van der Waals surface area contributed by atoms with Gasteiger partial charge in [-0.25, -0.2) is 8.42 Å². The molecule has 0 heterocycles. The van der Waals surface area contributed by atoms with Crippen molar-refractivity contribution in [2.45, 2.75) is 4.90 Å². The van der Waals surface area contributed by atoms with Gasteiger partial charge in [-0.2, -0.15) is 0 Å². The minimum Gasteiger partial charge on any atom is -0.493 e. The van der Waals surface area contributed by atoms with Crippen molar-refractivity contribution >= 4 is 27.3 Å². The first kappa shape index (κ1) is 21.2. The summed E-state index contributed by atoms with van der Waals surface area (Å²) in [6.45, 7) is 0. The van der Waals surface area contributed by atoms with Gasteiger partial charge in [0.1, 0.15) is 0 Å². The van der Waals surface area contributed by atoms with Gasteiger partial charge in [-0.15, -0.1) is 0 Å². The normalized spacial score (nSPS) is 10.9. The predicted molar refractivity (Wildman–Crippen MR) is 116 cm³/mol. The Bertz CT molecular complexity index is 1130. The molecule has 0 spiro atoms. The van der Waals surface area contributed by atoms with Crippen LogP contribution in [0.1, 0.15) is 10.4 Å². The molecule has 8 heteroatoms. The van der Waals surface area contributed by atoms with Crippen molar-refractivity contribution in [2.75, 3.05) is 30.9 Å². The SMILES string of the molecule is COc1ccc(S(=O)(=O)Nc2ccc(C(=O)N(C)c3ccccc3)cc2)cc1OC. The van der Waals surface area contributed by atoms with Crippen molar-refractivity contribution in [3.05, 3.63) is 78.4 Å². The molecule has 0 radical (unpaired) electrons. The zero-order valence-electron chi connectivity index (χ0n) is 16.8. The molecule has 0 bridgehead atoms. The lowest BCUT2D eigenvalue weighted by Crippen LogP contribution is -2.26. The van der Waals surface area contributed by atoms with Crippen LogP contribution < -0.4 is 19.1 Å². The Morgan fingerprint density at radius 3 is 2.10 bits per heavy atom. The van der Waals surface area contributed by atoms with Crippen LogP contribution in [0.4, 0.5) is 11.4 Å². The summed E-state index contributed by atoms with van der Waals surface area (Å²) in [6.07, 6.45) is 0. The summed E-state index contributed by atoms with van der Waals surface area (Å²) in [4.78, 5) is 14.2. The van der Waals surface area contributed by atoms with Crippen LogP contribution in [-0.4, -0.2) is 35.6 Å². The van der Waals surface area contributed by atoms with Crippen molar-refractivity contribution in [2.24, 2.45) is 0 Å². The number of rotatable bonds is 7. The number of hydrogen-bond donors (Lipinski definition) is 1. The van der Waals surface area contributed by atoms with Crippen molar-refractivity contribution < 1.29 is 22.7 Å². The number of ether oxygens (including phenoxy) is 2. The Morgan fingerprint density at radius 1 is 0.867 bits per heavy atom. The second kappa shape index (κ2) is 8.87. The average Bonchev–Trinajstić information content (AvgIpc) is 2.78. The van der Waals surface area contributed by atoms with E-state index >= 15 is 0 Å². The number of hydrogen-bond acceptors (Lipinski definition) is 5. The molecule has 0 aliphatic heterocycles. The van der Waals surface area contributed by atoms with Crippen LogP contribution in [0.25, 0.3) is 0 Å². The molecule has 0 atom stereocenters. The average molecular weight is 426 g/mol. The van der Waals surface area contributed by atoms with Gasteiger partial charge >= 0.3 is 0 Å². The van der Waals surface area contributed by atoms with Gasteiger partial charge < -0.3 is 14.4 Å². The molecule has 30 heavy (non-hydrogen) atoms. The third-order valence-electron chi connectivity index (χ3n) is 4.50. The quantitative estimate of drug-likeness (QED) is 0.621. The van der Waals surface area contributed by atoms with E-state index in [0.717, 1.165) is 5.69 Å². The summed E-state index contributed by atoms with van der Waals surface area (Å²) >= 11 is 0. The summed E-state index contributed by atoms with van der Waals surface area (Å²) in [6, 6.07) is 19.8. The molecule has 7 nitrogen and oxygen atoms in total. The van der Waals surface area contributed by atoms with Crippen LogP contribution in [0.5, 0.6) is 11.5 Å². The van der Waals surface area contributed by atoms with Gasteiger partial charge in [-0.05, 0) is 48.5 Å². The second-order valence-corrected chi connectivity index (χ2v) is 8.08. The Hall–Kier alpha value is -3.52. The van der Waals surface area contributed by atoms with E-state index in [1.54, 1.807) is 31.3 Å². The number of amides is 1. The molecule has 0 aliphatic rings. The van der Waals surface area contributed by atoms with Gasteiger partial charge in [-0.3, -0.25) is 9.52 Å². The minimum absolute atomic E-state index is 0.0316. The molecule has 0 aromatic heterocycles. The number of anilines is 2. The lowest BCUT2D eigenvalue weighted by atomic mass is 10.1. The highest BCUT2D eigenvalue weighted by Gasteiger charge is 2.18. The number of para-hydroxylation sites is 1. The van der Waals surface area contributed by atoms with Crippen LogP contribution in [0.3, 0.4) is 0 Å². The lowest BCUT2D eigenvalue weighted by Gasteiger charge is -2.17. The standard InChI is InChI=1S/C22H22N2O5S/c1-24(18-7-5-4-6-8-18)22(25)16-9-11-17(12-10-16)23-30(26,27)19-13-14-20(28-2)21(15-19)29-3/h4-15,23H,1-3H3. The van der Waals surface area contributed by atoms with Crippen molar-refractivity contribution in [1.82, 2.24) is 0 Å². The van der Waals surface area contributed by atoms with Gasteiger partial charge in [0.25, 0.3) is 15.9 Å². The second-order valence-electron chi connectivity index (χ2n) is 6.40. The van der Waals surface area contributed by atoms with Crippen LogP contribution in [0.2, 0.25) is 0 Å². The van der Waals surface area contributed by atoms with Crippen LogP contribution in [0.15, 0.2) is 77.7 Å². The molecule has 3 aromatic carbocycles. The van der Waals surface area contributed by atoms with E-state index in [1.165, 1.54) is 37.3 Å². The summed E-state index contributed by atoms with van der Waals surface area (Å²) in [7, 11) is 0.751. The molecule has 1 amide bonds. The molecular formula is C22H22N2O5S. The zero-order chi connectivity index (χ0) is 21.7. The third-order valence-corrected chi connectivity index (χ3v) is 5.88. The zero-order valence-corrected chi connectivity index (χ0v) is 17.6. The molecule has 0 aliphatic carbocycles. The Morgan fingerprint density at radius 2 is 1.50 bits per heavy atom.